The molecular formula is C11H17NS. The maximum Gasteiger partial charge on any atom is 0.0426 e. The Kier molecular flexibility index (Phi) is 2.00. The van der Waals surface area contributed by atoms with Crippen LogP contribution in [0.2, 0.25) is 0 Å². The van der Waals surface area contributed by atoms with Crippen LogP contribution in [0.3, 0.4) is 0 Å². The molecule has 72 valence electrons. The van der Waals surface area contributed by atoms with Gasteiger partial charge >= 0.3 is 0 Å². The van der Waals surface area contributed by atoms with E-state index in [0.29, 0.717) is 11.3 Å². The first-order chi connectivity index (χ1) is 6.02. The first kappa shape index (κ1) is 9.22. The average Bonchev–Trinajstić information content (AvgIpc) is 2.49. The number of nitrogens with two attached hydrogens (primary N) is 1. The van der Waals surface area contributed by atoms with Gasteiger partial charge in [0.05, 0.1) is 0 Å². The van der Waals surface area contributed by atoms with Gasteiger partial charge in [-0.3, -0.25) is 0 Å². The third-order valence-corrected chi connectivity index (χ3v) is 4.35. The maximum atomic E-state index is 6.23. The summed E-state index contributed by atoms with van der Waals surface area (Å²) in [5.41, 5.74) is 8.07. The monoisotopic (exact) mass is 195 g/mol. The van der Waals surface area contributed by atoms with Crippen LogP contribution in [0.4, 0.5) is 0 Å². The van der Waals surface area contributed by atoms with E-state index in [9.17, 15) is 0 Å². The van der Waals surface area contributed by atoms with Crippen molar-refractivity contribution in [1.82, 2.24) is 0 Å². The molecule has 0 bridgehead atoms. The standard InChI is InChI=1S/C11H17NS/c1-7-4-5-13-10(7)9(12)8-6-11(8,2)3/h4-5,8-9H,6,12H2,1-3H3. The van der Waals surface area contributed by atoms with Crippen LogP contribution in [-0.2, 0) is 0 Å². The van der Waals surface area contributed by atoms with Gasteiger partial charge < -0.3 is 5.73 Å². The van der Waals surface area contributed by atoms with Gasteiger partial charge in [0.1, 0.15) is 0 Å². The van der Waals surface area contributed by atoms with Crippen LogP contribution in [0, 0.1) is 18.3 Å². The summed E-state index contributed by atoms with van der Waals surface area (Å²) in [5, 5.41) is 2.14. The van der Waals surface area contributed by atoms with Crippen molar-refractivity contribution in [1.29, 1.82) is 0 Å². The Morgan fingerprint density at radius 1 is 1.62 bits per heavy atom. The van der Waals surface area contributed by atoms with Crippen molar-refractivity contribution in [3.8, 4) is 0 Å². The molecule has 0 spiro atoms. The molecule has 2 atom stereocenters. The Morgan fingerprint density at radius 2 is 2.23 bits per heavy atom. The predicted octanol–water partition coefficient (Wildman–Crippen LogP) is 3.10. The van der Waals surface area contributed by atoms with Crippen molar-refractivity contribution in [3.63, 3.8) is 0 Å². The summed E-state index contributed by atoms with van der Waals surface area (Å²) >= 11 is 1.80. The number of rotatable bonds is 2. The molecule has 2 unspecified atom stereocenters. The predicted molar refractivity (Wildman–Crippen MR) is 57.9 cm³/mol. The SMILES string of the molecule is Cc1ccsc1C(N)C1CC1(C)C. The van der Waals surface area contributed by atoms with Crippen LogP contribution in [0.15, 0.2) is 11.4 Å². The molecule has 0 saturated heterocycles. The lowest BCUT2D eigenvalue weighted by Crippen LogP contribution is -2.14. The summed E-state index contributed by atoms with van der Waals surface area (Å²) < 4.78 is 0. The van der Waals surface area contributed by atoms with Gasteiger partial charge in [-0.2, -0.15) is 0 Å². The van der Waals surface area contributed by atoms with E-state index in [-0.39, 0.29) is 6.04 Å². The Balaban J connectivity index is 2.15. The second-order valence-corrected chi connectivity index (χ2v) is 5.74. The minimum absolute atomic E-state index is 0.273. The van der Waals surface area contributed by atoms with E-state index < -0.39 is 0 Å². The second kappa shape index (κ2) is 2.82. The van der Waals surface area contributed by atoms with Gasteiger partial charge in [-0.05, 0) is 41.7 Å². The van der Waals surface area contributed by atoms with E-state index in [4.69, 9.17) is 5.73 Å². The number of hydrogen-bond acceptors (Lipinski definition) is 2. The molecule has 2 N–H and O–H groups in total. The molecule has 0 amide bonds. The maximum absolute atomic E-state index is 6.23. The van der Waals surface area contributed by atoms with Crippen molar-refractivity contribution in [2.45, 2.75) is 33.2 Å². The van der Waals surface area contributed by atoms with Gasteiger partial charge in [-0.15, -0.1) is 11.3 Å². The molecule has 1 fully saturated rings. The summed E-state index contributed by atoms with van der Waals surface area (Å²) in [6.45, 7) is 6.77. The van der Waals surface area contributed by atoms with Crippen molar-refractivity contribution >= 4 is 11.3 Å². The Morgan fingerprint density at radius 3 is 2.62 bits per heavy atom. The summed E-state index contributed by atoms with van der Waals surface area (Å²) in [6, 6.07) is 2.44. The molecule has 1 heterocycles. The van der Waals surface area contributed by atoms with E-state index in [1.54, 1.807) is 11.3 Å². The normalized spacial score (nSPS) is 27.2. The number of hydrogen-bond donors (Lipinski definition) is 1. The smallest absolute Gasteiger partial charge is 0.0426 e. The number of thiophene rings is 1. The lowest BCUT2D eigenvalue weighted by molar-refractivity contribution is 0.495. The molecule has 1 aromatic rings. The third kappa shape index (κ3) is 1.53. The van der Waals surface area contributed by atoms with Gasteiger partial charge in [0.25, 0.3) is 0 Å². The molecular weight excluding hydrogens is 178 g/mol. The minimum atomic E-state index is 0.273. The quantitative estimate of drug-likeness (QED) is 0.771. The largest absolute Gasteiger partial charge is 0.323 e. The van der Waals surface area contributed by atoms with Crippen LogP contribution in [0.1, 0.15) is 36.8 Å². The Labute approximate surface area is 84.0 Å². The van der Waals surface area contributed by atoms with Crippen LogP contribution in [0.25, 0.3) is 0 Å². The molecule has 1 aliphatic carbocycles. The fourth-order valence-corrected chi connectivity index (χ4v) is 3.02. The van der Waals surface area contributed by atoms with Crippen LogP contribution in [-0.4, -0.2) is 0 Å². The van der Waals surface area contributed by atoms with E-state index in [0.717, 1.165) is 0 Å². The molecule has 0 aromatic carbocycles. The van der Waals surface area contributed by atoms with Crippen LogP contribution < -0.4 is 5.73 Å². The third-order valence-electron chi connectivity index (χ3n) is 3.23. The second-order valence-electron chi connectivity index (χ2n) is 4.79. The zero-order chi connectivity index (χ0) is 9.64. The minimum Gasteiger partial charge on any atom is -0.323 e. The van der Waals surface area contributed by atoms with Crippen molar-refractivity contribution in [3.05, 3.63) is 21.9 Å². The average molecular weight is 195 g/mol. The molecule has 1 nitrogen and oxygen atoms in total. The van der Waals surface area contributed by atoms with Crippen LogP contribution in [0.5, 0.6) is 0 Å². The highest BCUT2D eigenvalue weighted by Gasteiger charge is 2.49. The van der Waals surface area contributed by atoms with Gasteiger partial charge in [0.2, 0.25) is 0 Å². The highest BCUT2D eigenvalue weighted by Crippen LogP contribution is 2.57. The van der Waals surface area contributed by atoms with Gasteiger partial charge in [0.15, 0.2) is 0 Å². The van der Waals surface area contributed by atoms with Gasteiger partial charge in [-0.1, -0.05) is 13.8 Å². The summed E-state index contributed by atoms with van der Waals surface area (Å²) in [7, 11) is 0. The van der Waals surface area contributed by atoms with Crippen LogP contribution >= 0.6 is 11.3 Å². The van der Waals surface area contributed by atoms with Gasteiger partial charge in [-0.25, -0.2) is 0 Å². The van der Waals surface area contributed by atoms with Crippen molar-refractivity contribution in [2.24, 2.45) is 17.1 Å². The Bertz CT molecular complexity index is 314. The Hall–Kier alpha value is -0.340. The molecule has 2 rings (SSSR count). The zero-order valence-corrected chi connectivity index (χ0v) is 9.32. The number of aryl methyl sites for hydroxylation is 1. The lowest BCUT2D eigenvalue weighted by atomic mass is 10.0. The molecule has 1 aromatic heterocycles. The highest BCUT2D eigenvalue weighted by molar-refractivity contribution is 7.10. The molecule has 0 aliphatic heterocycles. The van der Waals surface area contributed by atoms with E-state index in [2.05, 4.69) is 32.2 Å². The molecule has 13 heavy (non-hydrogen) atoms. The lowest BCUT2D eigenvalue weighted by Gasteiger charge is -2.12. The first-order valence-corrected chi connectivity index (χ1v) is 5.70. The van der Waals surface area contributed by atoms with Gasteiger partial charge in [0, 0.05) is 10.9 Å². The molecule has 1 aliphatic rings. The fourth-order valence-electron chi connectivity index (χ4n) is 2.03. The molecule has 1 saturated carbocycles. The van der Waals surface area contributed by atoms with Crippen molar-refractivity contribution in [2.75, 3.05) is 0 Å². The summed E-state index contributed by atoms with van der Waals surface area (Å²) in [4.78, 5) is 1.38. The topological polar surface area (TPSA) is 26.0 Å². The zero-order valence-electron chi connectivity index (χ0n) is 8.50. The highest BCUT2D eigenvalue weighted by atomic mass is 32.1. The van der Waals surface area contributed by atoms with E-state index in [1.807, 2.05) is 0 Å². The van der Waals surface area contributed by atoms with Crippen molar-refractivity contribution < 1.29 is 0 Å². The first-order valence-electron chi connectivity index (χ1n) is 4.82. The van der Waals surface area contributed by atoms with E-state index in [1.165, 1.54) is 16.9 Å². The summed E-state index contributed by atoms with van der Waals surface area (Å²) in [6.07, 6.45) is 1.28. The molecule has 2 heteroatoms. The summed E-state index contributed by atoms with van der Waals surface area (Å²) in [5.74, 6) is 0.699. The van der Waals surface area contributed by atoms with E-state index >= 15 is 0 Å². The fraction of sp³-hybridized carbons (Fsp3) is 0.636. The molecule has 0 radical (unpaired) electrons.